The van der Waals surface area contributed by atoms with Gasteiger partial charge in [-0.25, -0.2) is 19.2 Å². The fourth-order valence-corrected chi connectivity index (χ4v) is 3.90. The zero-order valence-corrected chi connectivity index (χ0v) is 19.7. The molecule has 11 heteroatoms. The Balaban J connectivity index is 1.61. The van der Waals surface area contributed by atoms with Gasteiger partial charge in [0, 0.05) is 36.0 Å². The highest BCUT2D eigenvalue weighted by Gasteiger charge is 2.24. The number of H-pyrrole nitrogens is 1. The third kappa shape index (κ3) is 5.67. The summed E-state index contributed by atoms with van der Waals surface area (Å²) >= 11 is 5.85. The molecule has 0 radical (unpaired) electrons. The van der Waals surface area contributed by atoms with Gasteiger partial charge in [0.1, 0.15) is 18.8 Å². The second-order valence-corrected chi connectivity index (χ2v) is 8.20. The normalized spacial score (nSPS) is 11.9. The van der Waals surface area contributed by atoms with E-state index in [4.69, 9.17) is 16.3 Å². The molecule has 0 spiro atoms. The monoisotopic (exact) mass is 498 g/mol. The number of nitrogens with one attached hydrogen (secondary N) is 2. The van der Waals surface area contributed by atoms with Gasteiger partial charge in [-0.3, -0.25) is 5.10 Å². The Morgan fingerprint density at radius 1 is 1.26 bits per heavy atom. The minimum Gasteiger partial charge on any atom is -0.469 e. The number of aromatic amines is 1. The molecule has 3 N–H and O–H groups in total. The van der Waals surface area contributed by atoms with E-state index in [-0.39, 0.29) is 24.8 Å². The Morgan fingerprint density at radius 3 is 2.77 bits per heavy atom. The number of hydrogen-bond acceptors (Lipinski definition) is 6. The summed E-state index contributed by atoms with van der Waals surface area (Å²) in [6.07, 6.45) is 3.46. The molecule has 2 aromatic heterocycles. The summed E-state index contributed by atoms with van der Waals surface area (Å²) in [7, 11) is 0. The highest BCUT2D eigenvalue weighted by molar-refractivity contribution is 6.31. The molecule has 0 aliphatic carbocycles. The van der Waals surface area contributed by atoms with Crippen LogP contribution >= 0.6 is 11.6 Å². The number of benzene rings is 2. The third-order valence-electron chi connectivity index (χ3n) is 5.51. The number of nitrogens with zero attached hydrogens (tertiary/aromatic N) is 4. The van der Waals surface area contributed by atoms with Crippen molar-refractivity contribution >= 4 is 34.1 Å². The van der Waals surface area contributed by atoms with Crippen LogP contribution in [0.3, 0.4) is 0 Å². The number of amides is 2. The van der Waals surface area contributed by atoms with Crippen LogP contribution in [0.2, 0.25) is 5.02 Å². The zero-order valence-electron chi connectivity index (χ0n) is 18.9. The molecular formula is C24H24ClFN6O3. The van der Waals surface area contributed by atoms with Crippen LogP contribution in [0.4, 0.5) is 14.9 Å². The summed E-state index contributed by atoms with van der Waals surface area (Å²) in [5.74, 6) is 0.430. The zero-order chi connectivity index (χ0) is 24.8. The molecule has 0 aliphatic heterocycles. The van der Waals surface area contributed by atoms with Gasteiger partial charge in [0.25, 0.3) is 0 Å². The smallest absolute Gasteiger partial charge is 0.322 e. The third-order valence-corrected chi connectivity index (χ3v) is 5.80. The lowest BCUT2D eigenvalue weighted by Crippen LogP contribution is -2.38. The maximum absolute atomic E-state index is 13.5. The first kappa shape index (κ1) is 24.4. The molecular weight excluding hydrogens is 475 g/mol. The van der Waals surface area contributed by atoms with Crippen LogP contribution in [-0.2, 0) is 6.61 Å². The number of aliphatic hydroxyl groups excluding tert-OH is 1. The number of fused-ring (bicyclic) bond motifs is 1. The van der Waals surface area contributed by atoms with E-state index in [0.29, 0.717) is 23.8 Å². The molecule has 9 nitrogen and oxygen atoms in total. The number of urea groups is 1. The van der Waals surface area contributed by atoms with Crippen molar-refractivity contribution in [1.29, 1.82) is 0 Å². The average molecular weight is 499 g/mol. The first-order valence-electron chi connectivity index (χ1n) is 11.0. The lowest BCUT2D eigenvalue weighted by atomic mass is 10.0. The summed E-state index contributed by atoms with van der Waals surface area (Å²) in [5, 5.41) is 20.3. The van der Waals surface area contributed by atoms with Crippen LogP contribution in [0.1, 0.15) is 30.8 Å². The SMILES string of the molecule is C[C@H](c1cnc(OCc2ncn[nH]2)c2ccccc12)N(CCCO)C(=O)Nc1ccc(F)c(Cl)c1. The van der Waals surface area contributed by atoms with Crippen LogP contribution in [0.5, 0.6) is 5.88 Å². The number of rotatable bonds is 9. The highest BCUT2D eigenvalue weighted by Crippen LogP contribution is 2.33. The van der Waals surface area contributed by atoms with Crippen LogP contribution in [-0.4, -0.2) is 49.4 Å². The van der Waals surface area contributed by atoms with Gasteiger partial charge in [-0.15, -0.1) is 0 Å². The number of halogens is 2. The van der Waals surface area contributed by atoms with E-state index in [1.165, 1.54) is 24.5 Å². The quantitative estimate of drug-likeness (QED) is 0.308. The summed E-state index contributed by atoms with van der Waals surface area (Å²) in [6, 6.07) is 10.8. The largest absolute Gasteiger partial charge is 0.469 e. The van der Waals surface area contributed by atoms with Crippen molar-refractivity contribution in [3.63, 3.8) is 0 Å². The molecule has 182 valence electrons. The minimum atomic E-state index is -0.571. The first-order valence-corrected chi connectivity index (χ1v) is 11.3. The Kier molecular flexibility index (Phi) is 7.74. The number of hydrogen-bond donors (Lipinski definition) is 3. The number of aliphatic hydroxyl groups is 1. The van der Waals surface area contributed by atoms with Crippen LogP contribution in [0, 0.1) is 5.82 Å². The van der Waals surface area contributed by atoms with Gasteiger partial charge in [0.15, 0.2) is 5.82 Å². The topological polar surface area (TPSA) is 116 Å². The van der Waals surface area contributed by atoms with Crippen molar-refractivity contribution in [2.24, 2.45) is 0 Å². The molecule has 35 heavy (non-hydrogen) atoms. The second kappa shape index (κ2) is 11.1. The number of ether oxygens (including phenoxy) is 1. The van der Waals surface area contributed by atoms with E-state index in [0.717, 1.165) is 16.3 Å². The van der Waals surface area contributed by atoms with Gasteiger partial charge in [-0.2, -0.15) is 5.10 Å². The molecule has 2 amide bonds. The van der Waals surface area contributed by atoms with Crippen molar-refractivity contribution in [3.8, 4) is 5.88 Å². The molecule has 0 saturated heterocycles. The summed E-state index contributed by atoms with van der Waals surface area (Å²) < 4.78 is 19.4. The Hall–Kier alpha value is -3.76. The fourth-order valence-electron chi connectivity index (χ4n) is 3.72. The molecule has 0 bridgehead atoms. The van der Waals surface area contributed by atoms with Gasteiger partial charge in [-0.1, -0.05) is 29.8 Å². The van der Waals surface area contributed by atoms with E-state index in [9.17, 15) is 14.3 Å². The average Bonchev–Trinajstić information content (AvgIpc) is 3.38. The van der Waals surface area contributed by atoms with Crippen molar-refractivity contribution in [3.05, 3.63) is 77.2 Å². The molecule has 4 rings (SSSR count). The van der Waals surface area contributed by atoms with Crippen molar-refractivity contribution in [1.82, 2.24) is 25.1 Å². The maximum Gasteiger partial charge on any atom is 0.322 e. The van der Waals surface area contributed by atoms with Gasteiger partial charge in [-0.05, 0) is 43.0 Å². The number of pyridine rings is 1. The Labute approximate surface area is 205 Å². The van der Waals surface area contributed by atoms with Gasteiger partial charge in [0.05, 0.1) is 11.1 Å². The standard InChI is InChI=1S/C24H24ClFN6O3/c1-15(32(9-4-10-33)24(34)30-16-7-8-21(26)20(25)11-16)19-12-27-23(18-6-3-2-5-17(18)19)35-13-22-28-14-29-31-22/h2-3,5-8,11-12,14-15,33H,4,9-10,13H2,1H3,(H,30,34)(H,28,29,31)/t15-/m1/s1. The fraction of sp³-hybridized carbons (Fsp3) is 0.250. The molecule has 0 aliphatic rings. The van der Waals surface area contributed by atoms with E-state index in [1.54, 1.807) is 11.1 Å². The van der Waals surface area contributed by atoms with Gasteiger partial charge in [0.2, 0.25) is 5.88 Å². The maximum atomic E-state index is 13.5. The van der Waals surface area contributed by atoms with Gasteiger partial charge < -0.3 is 20.1 Å². The lowest BCUT2D eigenvalue weighted by molar-refractivity contribution is 0.182. The molecule has 4 aromatic rings. The summed E-state index contributed by atoms with van der Waals surface area (Å²) in [5.41, 5.74) is 1.17. The Morgan fingerprint density at radius 2 is 2.06 bits per heavy atom. The molecule has 2 aromatic carbocycles. The number of carbonyl (C=O) groups is 1. The predicted octanol–water partition coefficient (Wildman–Crippen LogP) is 4.70. The Bertz CT molecular complexity index is 1300. The molecule has 0 saturated carbocycles. The molecule has 0 fully saturated rings. The van der Waals surface area contributed by atoms with Crippen molar-refractivity contribution < 1.29 is 19.0 Å². The van der Waals surface area contributed by atoms with Gasteiger partial charge >= 0.3 is 6.03 Å². The van der Waals surface area contributed by atoms with E-state index >= 15 is 0 Å². The number of anilines is 1. The van der Waals surface area contributed by atoms with Crippen LogP contribution < -0.4 is 10.1 Å². The van der Waals surface area contributed by atoms with Crippen molar-refractivity contribution in [2.45, 2.75) is 26.0 Å². The minimum absolute atomic E-state index is 0.0771. The van der Waals surface area contributed by atoms with Crippen LogP contribution in [0.25, 0.3) is 10.8 Å². The van der Waals surface area contributed by atoms with E-state index in [1.807, 2.05) is 31.2 Å². The highest BCUT2D eigenvalue weighted by atomic mass is 35.5. The van der Waals surface area contributed by atoms with Crippen molar-refractivity contribution in [2.75, 3.05) is 18.5 Å². The number of carbonyl (C=O) groups excluding carboxylic acids is 1. The molecule has 2 heterocycles. The lowest BCUT2D eigenvalue weighted by Gasteiger charge is -2.30. The first-order chi connectivity index (χ1) is 17.0. The number of aromatic nitrogens is 4. The van der Waals surface area contributed by atoms with E-state index < -0.39 is 17.9 Å². The molecule has 0 unspecified atom stereocenters. The predicted molar refractivity (Wildman–Crippen MR) is 130 cm³/mol. The molecule has 1 atom stereocenters. The summed E-state index contributed by atoms with van der Waals surface area (Å²) in [6.45, 7) is 2.27. The van der Waals surface area contributed by atoms with E-state index in [2.05, 4.69) is 25.5 Å². The van der Waals surface area contributed by atoms with Crippen LogP contribution in [0.15, 0.2) is 55.0 Å². The second-order valence-electron chi connectivity index (χ2n) is 7.79. The summed E-state index contributed by atoms with van der Waals surface area (Å²) in [4.78, 5) is 23.3.